The zero-order valence-electron chi connectivity index (χ0n) is 12.3. The molecule has 0 aliphatic carbocycles. The van der Waals surface area contributed by atoms with Crippen molar-refractivity contribution in [2.45, 2.75) is 19.8 Å². The van der Waals surface area contributed by atoms with E-state index in [9.17, 15) is 14.4 Å². The van der Waals surface area contributed by atoms with Crippen molar-refractivity contribution >= 4 is 23.5 Å². The zero-order valence-corrected chi connectivity index (χ0v) is 12.3. The van der Waals surface area contributed by atoms with Crippen LogP contribution in [0.2, 0.25) is 0 Å². The molecule has 2 rings (SSSR count). The SMILES string of the molecule is Cc1ccc2c(c1)N(CC(=O)NCCCC(=O)O)C(=O)CO2. The number of amides is 2. The van der Waals surface area contributed by atoms with Gasteiger partial charge in [-0.1, -0.05) is 6.07 Å². The average Bonchev–Trinajstić information content (AvgIpc) is 2.46. The molecule has 22 heavy (non-hydrogen) atoms. The van der Waals surface area contributed by atoms with Crippen molar-refractivity contribution in [2.24, 2.45) is 0 Å². The highest BCUT2D eigenvalue weighted by Crippen LogP contribution is 2.32. The largest absolute Gasteiger partial charge is 0.482 e. The fourth-order valence-electron chi connectivity index (χ4n) is 2.15. The van der Waals surface area contributed by atoms with Crippen molar-refractivity contribution in [3.63, 3.8) is 0 Å². The van der Waals surface area contributed by atoms with Gasteiger partial charge in [-0.05, 0) is 31.0 Å². The molecule has 7 heteroatoms. The first-order chi connectivity index (χ1) is 10.5. The van der Waals surface area contributed by atoms with Crippen LogP contribution in [-0.4, -0.2) is 42.6 Å². The lowest BCUT2D eigenvalue weighted by atomic mass is 10.1. The first kappa shape index (κ1) is 15.8. The third kappa shape index (κ3) is 3.97. The maximum absolute atomic E-state index is 12.0. The molecule has 0 fully saturated rings. The summed E-state index contributed by atoms with van der Waals surface area (Å²) < 4.78 is 5.34. The van der Waals surface area contributed by atoms with Crippen molar-refractivity contribution in [2.75, 3.05) is 24.6 Å². The van der Waals surface area contributed by atoms with Crippen LogP contribution >= 0.6 is 0 Å². The van der Waals surface area contributed by atoms with Gasteiger partial charge in [0.15, 0.2) is 6.61 Å². The molecule has 0 atom stereocenters. The van der Waals surface area contributed by atoms with Gasteiger partial charge in [-0.3, -0.25) is 19.3 Å². The maximum atomic E-state index is 12.0. The lowest BCUT2D eigenvalue weighted by Crippen LogP contribution is -2.45. The third-order valence-electron chi connectivity index (χ3n) is 3.25. The van der Waals surface area contributed by atoms with E-state index in [0.717, 1.165) is 5.56 Å². The van der Waals surface area contributed by atoms with Crippen LogP contribution in [0.3, 0.4) is 0 Å². The van der Waals surface area contributed by atoms with E-state index in [0.29, 0.717) is 17.9 Å². The predicted molar refractivity (Wildman–Crippen MR) is 78.9 cm³/mol. The molecule has 0 saturated heterocycles. The molecule has 2 N–H and O–H groups in total. The second-order valence-corrected chi connectivity index (χ2v) is 5.09. The minimum atomic E-state index is -0.901. The number of nitrogens with one attached hydrogen (secondary N) is 1. The molecule has 1 aliphatic heterocycles. The fraction of sp³-hybridized carbons (Fsp3) is 0.400. The summed E-state index contributed by atoms with van der Waals surface area (Å²) in [5, 5.41) is 11.1. The summed E-state index contributed by atoms with van der Waals surface area (Å²) in [7, 11) is 0. The molecule has 0 bridgehead atoms. The van der Waals surface area contributed by atoms with Gasteiger partial charge in [0.05, 0.1) is 5.69 Å². The van der Waals surface area contributed by atoms with Crippen LogP contribution < -0.4 is 15.0 Å². The van der Waals surface area contributed by atoms with E-state index in [2.05, 4.69) is 5.32 Å². The number of ether oxygens (including phenoxy) is 1. The van der Waals surface area contributed by atoms with E-state index in [-0.39, 0.29) is 37.9 Å². The van der Waals surface area contributed by atoms with Gasteiger partial charge in [-0.15, -0.1) is 0 Å². The van der Waals surface area contributed by atoms with Gasteiger partial charge >= 0.3 is 5.97 Å². The first-order valence-corrected chi connectivity index (χ1v) is 6.99. The van der Waals surface area contributed by atoms with E-state index in [4.69, 9.17) is 9.84 Å². The Morgan fingerprint density at radius 2 is 2.18 bits per heavy atom. The summed E-state index contributed by atoms with van der Waals surface area (Å²) in [5.74, 6) is -0.933. The van der Waals surface area contributed by atoms with E-state index in [1.807, 2.05) is 13.0 Å². The molecule has 0 unspecified atom stereocenters. The normalized spacial score (nSPS) is 13.3. The third-order valence-corrected chi connectivity index (χ3v) is 3.25. The number of hydrogen-bond donors (Lipinski definition) is 2. The summed E-state index contributed by atoms with van der Waals surface area (Å²) >= 11 is 0. The van der Waals surface area contributed by atoms with Crippen molar-refractivity contribution in [1.82, 2.24) is 5.32 Å². The number of fused-ring (bicyclic) bond motifs is 1. The van der Waals surface area contributed by atoms with E-state index < -0.39 is 5.97 Å². The lowest BCUT2D eigenvalue weighted by molar-refractivity contribution is -0.137. The Labute approximate surface area is 127 Å². The van der Waals surface area contributed by atoms with Crippen LogP contribution in [0.4, 0.5) is 5.69 Å². The molecule has 1 heterocycles. The minimum absolute atomic E-state index is 0.00120. The van der Waals surface area contributed by atoms with Gasteiger partial charge in [-0.25, -0.2) is 0 Å². The number of carboxylic acid groups (broad SMARTS) is 1. The molecule has 0 spiro atoms. The van der Waals surface area contributed by atoms with E-state index in [1.54, 1.807) is 12.1 Å². The molecule has 1 aromatic carbocycles. The summed E-state index contributed by atoms with van der Waals surface area (Å²) in [6, 6.07) is 5.44. The minimum Gasteiger partial charge on any atom is -0.482 e. The Morgan fingerprint density at radius 3 is 2.91 bits per heavy atom. The van der Waals surface area contributed by atoms with Crippen molar-refractivity contribution < 1.29 is 24.2 Å². The maximum Gasteiger partial charge on any atom is 0.303 e. The Hall–Kier alpha value is -2.57. The van der Waals surface area contributed by atoms with Crippen LogP contribution in [0.15, 0.2) is 18.2 Å². The number of anilines is 1. The number of carbonyl (C=O) groups excluding carboxylic acids is 2. The number of benzene rings is 1. The highest BCUT2D eigenvalue weighted by atomic mass is 16.5. The lowest BCUT2D eigenvalue weighted by Gasteiger charge is -2.29. The molecule has 118 valence electrons. The van der Waals surface area contributed by atoms with Crippen LogP contribution in [0.5, 0.6) is 5.75 Å². The Morgan fingerprint density at radius 1 is 1.41 bits per heavy atom. The smallest absolute Gasteiger partial charge is 0.303 e. The Kier molecular flexibility index (Phi) is 4.98. The van der Waals surface area contributed by atoms with Crippen molar-refractivity contribution in [1.29, 1.82) is 0 Å². The second-order valence-electron chi connectivity index (χ2n) is 5.09. The number of carbonyl (C=O) groups is 3. The molecule has 7 nitrogen and oxygen atoms in total. The number of aryl methyl sites for hydroxylation is 1. The second kappa shape index (κ2) is 6.93. The molecular formula is C15H18N2O5. The monoisotopic (exact) mass is 306 g/mol. The van der Waals surface area contributed by atoms with E-state index >= 15 is 0 Å². The zero-order chi connectivity index (χ0) is 16.1. The predicted octanol–water partition coefficient (Wildman–Crippen LogP) is 0.701. The summed E-state index contributed by atoms with van der Waals surface area (Å²) in [5.41, 5.74) is 1.54. The van der Waals surface area contributed by atoms with Gasteiger partial charge in [-0.2, -0.15) is 0 Å². The van der Waals surface area contributed by atoms with Crippen LogP contribution in [-0.2, 0) is 14.4 Å². The topological polar surface area (TPSA) is 95.9 Å². The van der Waals surface area contributed by atoms with Gasteiger partial charge in [0.25, 0.3) is 5.91 Å². The summed E-state index contributed by atoms with van der Waals surface area (Å²) in [6.07, 6.45) is 0.354. The van der Waals surface area contributed by atoms with Gasteiger partial charge < -0.3 is 15.2 Å². The number of carboxylic acids is 1. The average molecular weight is 306 g/mol. The number of nitrogens with zero attached hydrogens (tertiary/aromatic N) is 1. The Balaban J connectivity index is 1.97. The van der Waals surface area contributed by atoms with Crippen molar-refractivity contribution in [3.8, 4) is 5.75 Å². The van der Waals surface area contributed by atoms with Crippen LogP contribution in [0.1, 0.15) is 18.4 Å². The number of aliphatic carboxylic acids is 1. The number of hydrogen-bond acceptors (Lipinski definition) is 4. The standard InChI is InChI=1S/C15H18N2O5/c1-10-4-5-12-11(7-10)17(14(19)9-22-12)8-13(18)16-6-2-3-15(20)21/h4-5,7H,2-3,6,8-9H2,1H3,(H,16,18)(H,20,21). The molecular weight excluding hydrogens is 288 g/mol. The molecule has 0 radical (unpaired) electrons. The molecule has 1 aromatic rings. The van der Waals surface area contributed by atoms with Crippen LogP contribution in [0.25, 0.3) is 0 Å². The molecule has 0 aromatic heterocycles. The highest BCUT2D eigenvalue weighted by molar-refractivity contribution is 6.02. The number of rotatable bonds is 6. The molecule has 2 amide bonds. The fourth-order valence-corrected chi connectivity index (χ4v) is 2.15. The summed E-state index contributed by atoms with van der Waals surface area (Å²) in [6.45, 7) is 1.96. The van der Waals surface area contributed by atoms with Gasteiger partial charge in [0.1, 0.15) is 12.3 Å². The van der Waals surface area contributed by atoms with Gasteiger partial charge in [0.2, 0.25) is 5.91 Å². The Bertz CT molecular complexity index is 600. The summed E-state index contributed by atoms with van der Waals surface area (Å²) in [4.78, 5) is 35.7. The van der Waals surface area contributed by atoms with Crippen LogP contribution in [0, 0.1) is 6.92 Å². The quantitative estimate of drug-likeness (QED) is 0.754. The van der Waals surface area contributed by atoms with Crippen molar-refractivity contribution in [3.05, 3.63) is 23.8 Å². The van der Waals surface area contributed by atoms with Gasteiger partial charge in [0, 0.05) is 13.0 Å². The highest BCUT2D eigenvalue weighted by Gasteiger charge is 2.27. The molecule has 1 aliphatic rings. The molecule has 0 saturated carbocycles. The van der Waals surface area contributed by atoms with E-state index in [1.165, 1.54) is 4.90 Å². The first-order valence-electron chi connectivity index (χ1n) is 6.99.